The number of hydrogen-bond donors (Lipinski definition) is 0. The van der Waals surface area contributed by atoms with Crippen LogP contribution in [-0.4, -0.2) is 0 Å². The zero-order valence-electron chi connectivity index (χ0n) is 6.92. The second-order valence-corrected chi connectivity index (χ2v) is 2.30. The van der Waals surface area contributed by atoms with Crippen molar-refractivity contribution in [2.24, 2.45) is 0 Å². The van der Waals surface area contributed by atoms with E-state index in [4.69, 9.17) is 0 Å². The van der Waals surface area contributed by atoms with E-state index in [0.29, 0.717) is 0 Å². The van der Waals surface area contributed by atoms with Crippen molar-refractivity contribution in [2.75, 3.05) is 0 Å². The van der Waals surface area contributed by atoms with Crippen molar-refractivity contribution in [3.63, 3.8) is 0 Å². The van der Waals surface area contributed by atoms with Crippen LogP contribution in [0.3, 0.4) is 0 Å². The Labute approximate surface area is 110 Å². The molecule has 0 amide bonds. The Morgan fingerprint density at radius 2 is 1.73 bits per heavy atom. The molecule has 1 nitrogen and oxygen atoms in total. The van der Waals surface area contributed by atoms with Gasteiger partial charge in [0.05, 0.1) is 0 Å². The van der Waals surface area contributed by atoms with Gasteiger partial charge in [-0.1, -0.05) is 36.4 Å². The van der Waals surface area contributed by atoms with Crippen LogP contribution in [0.4, 0.5) is 0 Å². The molecular weight excluding hydrogens is 163 g/mol. The molecule has 0 aliphatic heterocycles. The van der Waals surface area contributed by atoms with E-state index in [1.807, 2.05) is 6.92 Å². The normalized spacial score (nSPS) is 8.45. The van der Waals surface area contributed by atoms with E-state index in [0.717, 1.165) is 11.1 Å². The fourth-order valence-electron chi connectivity index (χ4n) is 0.739. The van der Waals surface area contributed by atoms with Crippen LogP contribution >= 0.6 is 0 Å². The maximum absolute atomic E-state index is 10.6. The molecule has 0 saturated carbocycles. The van der Waals surface area contributed by atoms with Gasteiger partial charge >= 0.3 is 51.4 Å². The maximum Gasteiger partial charge on any atom is 1.00 e. The van der Waals surface area contributed by atoms with E-state index in [1.54, 1.807) is 24.3 Å². The summed E-state index contributed by atoms with van der Waals surface area (Å²) >= 11 is 0. The Morgan fingerprint density at radius 3 is 2.09 bits per heavy atom. The second kappa shape index (κ2) is 5.11. The van der Waals surface area contributed by atoms with Crippen LogP contribution < -0.4 is 56.5 Å². The molecule has 0 aromatic heterocycles. The monoisotopic (exact) mass is 172 g/mol. The smallest absolute Gasteiger partial charge is 0.872 e. The molecule has 11 heavy (non-hydrogen) atoms. The van der Waals surface area contributed by atoms with Gasteiger partial charge < -0.3 is 5.11 Å². The molecule has 2 heteroatoms. The fourth-order valence-corrected chi connectivity index (χ4v) is 0.739. The van der Waals surface area contributed by atoms with Crippen LogP contribution in [0.25, 0.3) is 5.57 Å². The SMILES string of the molecule is C=C(C)c1ccc([O-])cc1.[K+]. The summed E-state index contributed by atoms with van der Waals surface area (Å²) in [4.78, 5) is 0. The van der Waals surface area contributed by atoms with Gasteiger partial charge in [-0.2, -0.15) is 0 Å². The number of rotatable bonds is 1. The fraction of sp³-hybridized carbons (Fsp3) is 0.111. The van der Waals surface area contributed by atoms with Crippen molar-refractivity contribution in [1.29, 1.82) is 0 Å². The van der Waals surface area contributed by atoms with E-state index >= 15 is 0 Å². The maximum atomic E-state index is 10.6. The Bertz CT molecular complexity index is 238. The predicted octanol–water partition coefficient (Wildman–Crippen LogP) is -1.20. The molecule has 0 heterocycles. The summed E-state index contributed by atoms with van der Waals surface area (Å²) in [7, 11) is 0. The average Bonchev–Trinajstić information content (AvgIpc) is 1.88. The van der Waals surface area contributed by atoms with E-state index in [1.165, 1.54) is 0 Å². The molecule has 0 aliphatic carbocycles. The molecule has 0 aliphatic rings. The molecule has 1 aromatic rings. The van der Waals surface area contributed by atoms with Gasteiger partial charge in [-0.05, 0) is 12.5 Å². The van der Waals surface area contributed by atoms with Gasteiger partial charge in [0.25, 0.3) is 0 Å². The van der Waals surface area contributed by atoms with Gasteiger partial charge in [-0.3, -0.25) is 0 Å². The summed E-state index contributed by atoms with van der Waals surface area (Å²) in [6.45, 7) is 5.67. The molecule has 0 bridgehead atoms. The minimum absolute atomic E-state index is 0. The van der Waals surface area contributed by atoms with Crippen molar-refractivity contribution in [1.82, 2.24) is 0 Å². The molecule has 52 valence electrons. The van der Waals surface area contributed by atoms with Crippen molar-refractivity contribution in [3.8, 4) is 5.75 Å². The third-order valence-electron chi connectivity index (χ3n) is 1.35. The topological polar surface area (TPSA) is 23.1 Å². The van der Waals surface area contributed by atoms with Gasteiger partial charge in [0.2, 0.25) is 0 Å². The molecule has 0 unspecified atom stereocenters. The van der Waals surface area contributed by atoms with Crippen LogP contribution in [-0.2, 0) is 0 Å². The Hall–Kier alpha value is 0.396. The minimum Gasteiger partial charge on any atom is -0.872 e. The predicted molar refractivity (Wildman–Crippen MR) is 40.6 cm³/mol. The van der Waals surface area contributed by atoms with Gasteiger partial charge in [0, 0.05) is 0 Å². The van der Waals surface area contributed by atoms with Crippen LogP contribution in [0.1, 0.15) is 12.5 Å². The van der Waals surface area contributed by atoms with E-state index < -0.39 is 0 Å². The summed E-state index contributed by atoms with van der Waals surface area (Å²) in [5, 5.41) is 10.6. The first kappa shape index (κ1) is 11.4. The summed E-state index contributed by atoms with van der Waals surface area (Å²) < 4.78 is 0. The van der Waals surface area contributed by atoms with Gasteiger partial charge in [0.15, 0.2) is 0 Å². The van der Waals surface area contributed by atoms with Gasteiger partial charge in [0.1, 0.15) is 0 Å². The first-order chi connectivity index (χ1) is 4.70. The molecule has 0 spiro atoms. The first-order valence-corrected chi connectivity index (χ1v) is 3.13. The quantitative estimate of drug-likeness (QED) is 0.488. The third kappa shape index (κ3) is 3.54. The van der Waals surface area contributed by atoms with E-state index in [2.05, 4.69) is 6.58 Å². The zero-order valence-corrected chi connectivity index (χ0v) is 10.0. The Kier molecular flexibility index (Phi) is 5.30. The standard InChI is InChI=1S/C9H10O.K/c1-7(2)8-3-5-9(10)6-4-8;/h3-6,10H,1H2,2H3;/q;+1/p-1. The van der Waals surface area contributed by atoms with Crippen LogP contribution in [0.2, 0.25) is 0 Å². The van der Waals surface area contributed by atoms with Crippen molar-refractivity contribution < 1.29 is 56.5 Å². The number of hydrogen-bond acceptors (Lipinski definition) is 1. The van der Waals surface area contributed by atoms with Crippen LogP contribution in [0.15, 0.2) is 30.8 Å². The Balaban J connectivity index is 0.000001000. The first-order valence-electron chi connectivity index (χ1n) is 3.13. The molecule has 1 rings (SSSR count). The molecule has 0 N–H and O–H groups in total. The third-order valence-corrected chi connectivity index (χ3v) is 1.35. The molecule has 1 aromatic carbocycles. The number of allylic oxidation sites excluding steroid dienone is 1. The second-order valence-electron chi connectivity index (χ2n) is 2.30. The largest absolute Gasteiger partial charge is 1.00 e. The molecule has 0 atom stereocenters. The van der Waals surface area contributed by atoms with E-state index in [-0.39, 0.29) is 57.1 Å². The Morgan fingerprint density at radius 1 is 1.27 bits per heavy atom. The molecule has 0 saturated heterocycles. The molecular formula is C9H9KO. The summed E-state index contributed by atoms with van der Waals surface area (Å²) in [6, 6.07) is 6.66. The van der Waals surface area contributed by atoms with Crippen molar-refractivity contribution in [3.05, 3.63) is 36.4 Å². The average molecular weight is 172 g/mol. The zero-order chi connectivity index (χ0) is 7.56. The van der Waals surface area contributed by atoms with Crippen molar-refractivity contribution in [2.45, 2.75) is 6.92 Å². The van der Waals surface area contributed by atoms with Crippen LogP contribution in [0, 0.1) is 0 Å². The van der Waals surface area contributed by atoms with Gasteiger partial charge in [-0.15, -0.1) is 5.75 Å². The molecule has 0 fully saturated rings. The van der Waals surface area contributed by atoms with Gasteiger partial charge in [-0.25, -0.2) is 0 Å². The summed E-state index contributed by atoms with van der Waals surface area (Å²) in [5.41, 5.74) is 2.01. The van der Waals surface area contributed by atoms with E-state index in [9.17, 15) is 5.11 Å². The van der Waals surface area contributed by atoms with Crippen LogP contribution in [0.5, 0.6) is 5.75 Å². The minimum atomic E-state index is 0. The number of benzene rings is 1. The molecule has 0 radical (unpaired) electrons. The van der Waals surface area contributed by atoms with Crippen molar-refractivity contribution >= 4 is 5.57 Å². The summed E-state index contributed by atoms with van der Waals surface area (Å²) in [5.74, 6) is 0.0463. The summed E-state index contributed by atoms with van der Waals surface area (Å²) in [6.07, 6.45) is 0.